The minimum Gasteiger partial charge on any atom is -0.381 e. The van der Waals surface area contributed by atoms with E-state index in [9.17, 15) is 4.39 Å². The van der Waals surface area contributed by atoms with Gasteiger partial charge in [0.2, 0.25) is 0 Å². The predicted octanol–water partition coefficient (Wildman–Crippen LogP) is 3.18. The Hall–Kier alpha value is -0.800. The van der Waals surface area contributed by atoms with Crippen LogP contribution in [0.4, 0.5) is 10.1 Å². The third kappa shape index (κ3) is 3.11. The minimum absolute atomic E-state index is 0.216. The monoisotopic (exact) mass is 257 g/mol. The van der Waals surface area contributed by atoms with Gasteiger partial charge in [0.05, 0.1) is 6.10 Å². The Morgan fingerprint density at radius 3 is 2.65 bits per heavy atom. The topological polar surface area (TPSA) is 12.5 Å². The fourth-order valence-electron chi connectivity index (χ4n) is 2.24. The maximum Gasteiger partial charge on any atom is 0.125 e. The summed E-state index contributed by atoms with van der Waals surface area (Å²) in [5, 5.41) is 0. The average Bonchev–Trinajstić information content (AvgIpc) is 2.38. The van der Waals surface area contributed by atoms with Crippen molar-refractivity contribution in [1.29, 1.82) is 0 Å². The van der Waals surface area contributed by atoms with Gasteiger partial charge < -0.3 is 9.64 Å². The van der Waals surface area contributed by atoms with E-state index in [1.165, 1.54) is 6.07 Å². The molecule has 0 spiro atoms. The number of alkyl halides is 1. The van der Waals surface area contributed by atoms with Crippen LogP contribution in [0.3, 0.4) is 0 Å². The molecule has 2 rings (SSSR count). The molecule has 0 saturated carbocycles. The SMILES string of the molecule is COC1CCN(c2cc(F)cc(CCl)c2)CC1. The van der Waals surface area contributed by atoms with Gasteiger partial charge in [0, 0.05) is 31.8 Å². The van der Waals surface area contributed by atoms with Gasteiger partial charge in [-0.05, 0) is 36.6 Å². The molecule has 1 saturated heterocycles. The fraction of sp³-hybridized carbons (Fsp3) is 0.538. The van der Waals surface area contributed by atoms with Crippen LogP contribution in [0, 0.1) is 5.82 Å². The number of ether oxygens (including phenoxy) is 1. The van der Waals surface area contributed by atoms with Gasteiger partial charge in [-0.1, -0.05) is 0 Å². The Bertz CT molecular complexity index is 378. The second-order valence-electron chi connectivity index (χ2n) is 4.37. The van der Waals surface area contributed by atoms with E-state index in [2.05, 4.69) is 4.90 Å². The van der Waals surface area contributed by atoms with E-state index in [1.807, 2.05) is 6.07 Å². The van der Waals surface area contributed by atoms with E-state index in [0.29, 0.717) is 12.0 Å². The molecule has 1 aromatic carbocycles. The van der Waals surface area contributed by atoms with Crippen molar-refractivity contribution in [3.8, 4) is 0 Å². The van der Waals surface area contributed by atoms with Gasteiger partial charge in [0.25, 0.3) is 0 Å². The predicted molar refractivity (Wildman–Crippen MR) is 68.2 cm³/mol. The molecule has 1 aromatic rings. The van der Waals surface area contributed by atoms with Crippen molar-refractivity contribution in [3.63, 3.8) is 0 Å². The average molecular weight is 258 g/mol. The summed E-state index contributed by atoms with van der Waals surface area (Å²) in [4.78, 5) is 2.19. The van der Waals surface area contributed by atoms with E-state index in [0.717, 1.165) is 37.2 Å². The zero-order valence-corrected chi connectivity index (χ0v) is 10.7. The molecule has 0 unspecified atom stereocenters. The number of hydrogen-bond acceptors (Lipinski definition) is 2. The lowest BCUT2D eigenvalue weighted by atomic mass is 10.1. The Labute approximate surface area is 106 Å². The van der Waals surface area contributed by atoms with E-state index in [-0.39, 0.29) is 5.82 Å². The molecule has 17 heavy (non-hydrogen) atoms. The lowest BCUT2D eigenvalue weighted by Gasteiger charge is -2.33. The van der Waals surface area contributed by atoms with Crippen molar-refractivity contribution >= 4 is 17.3 Å². The first-order valence-electron chi connectivity index (χ1n) is 5.86. The van der Waals surface area contributed by atoms with Crippen LogP contribution < -0.4 is 4.90 Å². The summed E-state index contributed by atoms with van der Waals surface area (Å²) in [6, 6.07) is 5.02. The van der Waals surface area contributed by atoms with Crippen LogP contribution in [0.25, 0.3) is 0 Å². The standard InChI is InChI=1S/C13H17ClFNO/c1-17-13-2-4-16(5-3-13)12-7-10(9-14)6-11(15)8-12/h6-8,13H,2-5,9H2,1H3. The number of piperidine rings is 1. The van der Waals surface area contributed by atoms with Gasteiger partial charge in [0.1, 0.15) is 5.82 Å². The molecular formula is C13H17ClFNO. The summed E-state index contributed by atoms with van der Waals surface area (Å²) >= 11 is 5.75. The molecule has 4 heteroatoms. The largest absolute Gasteiger partial charge is 0.381 e. The highest BCUT2D eigenvalue weighted by Gasteiger charge is 2.19. The van der Waals surface area contributed by atoms with Gasteiger partial charge in [0.15, 0.2) is 0 Å². The summed E-state index contributed by atoms with van der Waals surface area (Å²) in [5.41, 5.74) is 1.76. The molecule has 94 valence electrons. The van der Waals surface area contributed by atoms with E-state index in [1.54, 1.807) is 13.2 Å². The number of nitrogens with zero attached hydrogens (tertiary/aromatic N) is 1. The van der Waals surface area contributed by atoms with Crippen LogP contribution in [0.2, 0.25) is 0 Å². The minimum atomic E-state index is -0.216. The Morgan fingerprint density at radius 1 is 1.35 bits per heavy atom. The van der Waals surface area contributed by atoms with E-state index < -0.39 is 0 Å². The van der Waals surface area contributed by atoms with Crippen LogP contribution in [0.1, 0.15) is 18.4 Å². The second-order valence-corrected chi connectivity index (χ2v) is 4.64. The summed E-state index contributed by atoms with van der Waals surface area (Å²) < 4.78 is 18.7. The van der Waals surface area contributed by atoms with Crippen molar-refractivity contribution < 1.29 is 9.13 Å². The van der Waals surface area contributed by atoms with Crippen molar-refractivity contribution in [2.75, 3.05) is 25.1 Å². The van der Waals surface area contributed by atoms with Crippen molar-refractivity contribution in [1.82, 2.24) is 0 Å². The lowest BCUT2D eigenvalue weighted by Crippen LogP contribution is -2.36. The maximum absolute atomic E-state index is 13.4. The Kier molecular flexibility index (Phi) is 4.24. The third-order valence-corrected chi connectivity index (χ3v) is 3.55. The lowest BCUT2D eigenvalue weighted by molar-refractivity contribution is 0.0819. The van der Waals surface area contributed by atoms with Crippen LogP contribution >= 0.6 is 11.6 Å². The van der Waals surface area contributed by atoms with Crippen molar-refractivity contribution in [2.45, 2.75) is 24.8 Å². The van der Waals surface area contributed by atoms with Crippen molar-refractivity contribution in [2.24, 2.45) is 0 Å². The maximum atomic E-state index is 13.4. The van der Waals surface area contributed by atoms with E-state index in [4.69, 9.17) is 16.3 Å². The first-order chi connectivity index (χ1) is 8.22. The molecule has 1 fully saturated rings. The number of halogens is 2. The molecule has 0 atom stereocenters. The molecule has 1 heterocycles. The third-order valence-electron chi connectivity index (χ3n) is 3.24. The molecule has 0 radical (unpaired) electrons. The molecule has 0 aromatic heterocycles. The first-order valence-corrected chi connectivity index (χ1v) is 6.39. The van der Waals surface area contributed by atoms with Crippen molar-refractivity contribution in [3.05, 3.63) is 29.6 Å². The molecule has 1 aliphatic heterocycles. The number of methoxy groups -OCH3 is 1. The highest BCUT2D eigenvalue weighted by atomic mass is 35.5. The zero-order valence-electron chi connectivity index (χ0n) is 9.96. The molecule has 1 aliphatic rings. The van der Waals surface area contributed by atoms with Gasteiger partial charge in [-0.3, -0.25) is 0 Å². The Morgan fingerprint density at radius 2 is 2.06 bits per heavy atom. The highest BCUT2D eigenvalue weighted by molar-refractivity contribution is 6.17. The molecular weight excluding hydrogens is 241 g/mol. The van der Waals surface area contributed by atoms with Crippen LogP contribution in [-0.4, -0.2) is 26.3 Å². The first kappa shape index (κ1) is 12.7. The zero-order chi connectivity index (χ0) is 12.3. The molecule has 0 N–H and O–H groups in total. The van der Waals surface area contributed by atoms with Crippen LogP contribution in [0.15, 0.2) is 18.2 Å². The number of anilines is 1. The smallest absolute Gasteiger partial charge is 0.125 e. The second kappa shape index (κ2) is 5.69. The highest BCUT2D eigenvalue weighted by Crippen LogP contribution is 2.24. The summed E-state index contributed by atoms with van der Waals surface area (Å²) in [7, 11) is 1.74. The number of benzene rings is 1. The van der Waals surface area contributed by atoms with Gasteiger partial charge >= 0.3 is 0 Å². The van der Waals surface area contributed by atoms with Gasteiger partial charge in [-0.25, -0.2) is 4.39 Å². The summed E-state index contributed by atoms with van der Waals surface area (Å²) in [5.74, 6) is 0.131. The summed E-state index contributed by atoms with van der Waals surface area (Å²) in [6.45, 7) is 1.81. The summed E-state index contributed by atoms with van der Waals surface area (Å²) in [6.07, 6.45) is 2.32. The van der Waals surface area contributed by atoms with Gasteiger partial charge in [-0.2, -0.15) is 0 Å². The molecule has 0 aliphatic carbocycles. The van der Waals surface area contributed by atoms with Crippen LogP contribution in [-0.2, 0) is 10.6 Å². The molecule has 0 bridgehead atoms. The molecule has 0 amide bonds. The Balaban J connectivity index is 2.10. The quantitative estimate of drug-likeness (QED) is 0.771. The van der Waals surface area contributed by atoms with E-state index >= 15 is 0 Å². The number of rotatable bonds is 3. The van der Waals surface area contributed by atoms with Crippen LogP contribution in [0.5, 0.6) is 0 Å². The normalized spacial score (nSPS) is 17.5. The molecule has 2 nitrogen and oxygen atoms in total. The number of hydrogen-bond donors (Lipinski definition) is 0. The fourth-order valence-corrected chi connectivity index (χ4v) is 2.40. The van der Waals surface area contributed by atoms with Gasteiger partial charge in [-0.15, -0.1) is 11.6 Å².